The van der Waals surface area contributed by atoms with E-state index in [1.807, 2.05) is 0 Å². The van der Waals surface area contributed by atoms with Gasteiger partial charge in [-0.25, -0.2) is 0 Å². The lowest BCUT2D eigenvalue weighted by Crippen LogP contribution is -2.00. The quantitative estimate of drug-likeness (QED) is 0.567. The first-order valence-electron chi connectivity index (χ1n) is 7.44. The van der Waals surface area contributed by atoms with Gasteiger partial charge in [0, 0.05) is 4.83 Å². The lowest BCUT2D eigenvalue weighted by molar-refractivity contribution is 0.502. The molecular weight excluding hydrogens is 284 g/mol. The summed E-state index contributed by atoms with van der Waals surface area (Å²) in [7, 11) is 0. The Morgan fingerprint density at radius 1 is 1.11 bits per heavy atom. The zero-order valence-corrected chi connectivity index (χ0v) is 13.2. The molecule has 0 aromatic heterocycles. The molecule has 1 heteroatoms. The molecular formula is C17H25Br. The predicted octanol–water partition coefficient (Wildman–Crippen LogP) is 6.22. The fourth-order valence-electron chi connectivity index (χ4n) is 2.94. The molecule has 1 aliphatic rings. The summed E-state index contributed by atoms with van der Waals surface area (Å²) in [4.78, 5) is 0.548. The molecule has 1 saturated carbocycles. The van der Waals surface area contributed by atoms with Crippen LogP contribution in [0, 0.1) is 5.92 Å². The van der Waals surface area contributed by atoms with Crippen molar-refractivity contribution in [2.24, 2.45) is 5.92 Å². The minimum atomic E-state index is 0.548. The lowest BCUT2D eigenvalue weighted by Gasteiger charge is -2.16. The second-order valence-electron chi connectivity index (χ2n) is 5.83. The molecule has 0 nitrogen and oxygen atoms in total. The van der Waals surface area contributed by atoms with E-state index in [9.17, 15) is 0 Å². The first-order chi connectivity index (χ1) is 8.70. The molecule has 1 fully saturated rings. The second-order valence-corrected chi connectivity index (χ2v) is 6.94. The van der Waals surface area contributed by atoms with E-state index in [1.54, 1.807) is 0 Å². The van der Waals surface area contributed by atoms with Crippen LogP contribution in [0.2, 0.25) is 0 Å². The topological polar surface area (TPSA) is 0 Å². The highest BCUT2D eigenvalue weighted by atomic mass is 79.9. The van der Waals surface area contributed by atoms with Gasteiger partial charge < -0.3 is 0 Å². The van der Waals surface area contributed by atoms with E-state index >= 15 is 0 Å². The van der Waals surface area contributed by atoms with Crippen molar-refractivity contribution in [3.8, 4) is 0 Å². The van der Waals surface area contributed by atoms with Crippen molar-refractivity contribution in [1.29, 1.82) is 0 Å². The number of alkyl halides is 1. The Kier molecular flexibility index (Phi) is 5.29. The molecule has 0 aliphatic heterocycles. The summed E-state index contributed by atoms with van der Waals surface area (Å²) in [6, 6.07) is 9.25. The molecule has 1 aliphatic carbocycles. The van der Waals surface area contributed by atoms with Crippen LogP contribution in [0.5, 0.6) is 0 Å². The average molecular weight is 309 g/mol. The fourth-order valence-corrected chi connectivity index (χ4v) is 3.78. The third kappa shape index (κ3) is 3.60. The third-order valence-electron chi connectivity index (χ3n) is 4.49. The lowest BCUT2D eigenvalue weighted by atomic mass is 9.94. The van der Waals surface area contributed by atoms with Gasteiger partial charge in [-0.2, -0.15) is 0 Å². The van der Waals surface area contributed by atoms with Crippen LogP contribution in [-0.2, 0) is 0 Å². The Labute approximate surface area is 120 Å². The Morgan fingerprint density at radius 3 is 2.22 bits per heavy atom. The maximum absolute atomic E-state index is 3.87. The van der Waals surface area contributed by atoms with Crippen molar-refractivity contribution in [1.82, 2.24) is 0 Å². The normalized spacial score (nSPS) is 19.9. The molecule has 0 heterocycles. The van der Waals surface area contributed by atoms with Gasteiger partial charge in [0.15, 0.2) is 0 Å². The van der Waals surface area contributed by atoms with Crippen LogP contribution in [0.3, 0.4) is 0 Å². The van der Waals surface area contributed by atoms with Gasteiger partial charge in [0.05, 0.1) is 0 Å². The van der Waals surface area contributed by atoms with E-state index in [1.165, 1.54) is 49.7 Å². The summed E-state index contributed by atoms with van der Waals surface area (Å²) >= 11 is 3.87. The highest BCUT2D eigenvalue weighted by Gasteiger charge is 2.19. The largest absolute Gasteiger partial charge is 0.0839 e. The number of halogens is 1. The van der Waals surface area contributed by atoms with Crippen molar-refractivity contribution in [2.75, 3.05) is 0 Å². The van der Waals surface area contributed by atoms with Crippen molar-refractivity contribution in [3.63, 3.8) is 0 Å². The standard InChI is InChI=1S/C17H25Br/c1-3-13(2)15-8-10-16(11-9-15)17(18)12-14-6-4-5-7-14/h8-11,13-14,17H,3-7,12H2,1-2H3. The number of rotatable bonds is 5. The molecule has 0 saturated heterocycles. The zero-order chi connectivity index (χ0) is 13.0. The van der Waals surface area contributed by atoms with Gasteiger partial charge in [-0.05, 0) is 35.8 Å². The number of hydrogen-bond donors (Lipinski definition) is 0. The Bertz CT molecular complexity index is 348. The van der Waals surface area contributed by atoms with Gasteiger partial charge in [0.25, 0.3) is 0 Å². The van der Waals surface area contributed by atoms with E-state index in [-0.39, 0.29) is 0 Å². The van der Waals surface area contributed by atoms with Crippen LogP contribution in [0.4, 0.5) is 0 Å². The molecule has 0 bridgehead atoms. The van der Waals surface area contributed by atoms with Crippen molar-refractivity contribution in [2.45, 2.75) is 63.1 Å². The van der Waals surface area contributed by atoms with Gasteiger partial charge >= 0.3 is 0 Å². The second kappa shape index (κ2) is 6.75. The molecule has 100 valence electrons. The summed E-state index contributed by atoms with van der Waals surface area (Å²) in [6.07, 6.45) is 8.29. The van der Waals surface area contributed by atoms with Crippen LogP contribution in [0.1, 0.15) is 74.2 Å². The zero-order valence-electron chi connectivity index (χ0n) is 11.7. The summed E-state index contributed by atoms with van der Waals surface area (Å²) in [5, 5.41) is 0. The highest BCUT2D eigenvalue weighted by molar-refractivity contribution is 9.09. The molecule has 0 radical (unpaired) electrons. The smallest absolute Gasteiger partial charge is 0.0397 e. The maximum atomic E-state index is 3.87. The minimum absolute atomic E-state index is 0.548. The molecule has 1 aromatic carbocycles. The minimum Gasteiger partial charge on any atom is -0.0839 e. The van der Waals surface area contributed by atoms with E-state index in [0.717, 1.165) is 5.92 Å². The SMILES string of the molecule is CCC(C)c1ccc(C(Br)CC2CCCC2)cc1. The molecule has 0 amide bonds. The molecule has 2 atom stereocenters. The van der Waals surface area contributed by atoms with E-state index in [4.69, 9.17) is 0 Å². The van der Waals surface area contributed by atoms with Gasteiger partial charge in [-0.1, -0.05) is 79.7 Å². The third-order valence-corrected chi connectivity index (χ3v) is 5.40. The van der Waals surface area contributed by atoms with Crippen molar-refractivity contribution in [3.05, 3.63) is 35.4 Å². The van der Waals surface area contributed by atoms with Crippen LogP contribution in [-0.4, -0.2) is 0 Å². The van der Waals surface area contributed by atoms with E-state index < -0.39 is 0 Å². The van der Waals surface area contributed by atoms with E-state index in [0.29, 0.717) is 10.7 Å². The monoisotopic (exact) mass is 308 g/mol. The molecule has 18 heavy (non-hydrogen) atoms. The molecule has 0 N–H and O–H groups in total. The van der Waals surface area contributed by atoms with Crippen molar-refractivity contribution < 1.29 is 0 Å². The van der Waals surface area contributed by atoms with Gasteiger partial charge in [0.2, 0.25) is 0 Å². The summed E-state index contributed by atoms with van der Waals surface area (Å²) < 4.78 is 0. The summed E-state index contributed by atoms with van der Waals surface area (Å²) in [5.74, 6) is 1.63. The maximum Gasteiger partial charge on any atom is 0.0397 e. The van der Waals surface area contributed by atoms with Crippen molar-refractivity contribution >= 4 is 15.9 Å². The van der Waals surface area contributed by atoms with Gasteiger partial charge in [-0.15, -0.1) is 0 Å². The van der Waals surface area contributed by atoms with Gasteiger partial charge in [0.1, 0.15) is 0 Å². The number of hydrogen-bond acceptors (Lipinski definition) is 0. The Morgan fingerprint density at radius 2 is 1.67 bits per heavy atom. The first kappa shape index (κ1) is 14.1. The van der Waals surface area contributed by atoms with E-state index in [2.05, 4.69) is 54.0 Å². The first-order valence-corrected chi connectivity index (χ1v) is 8.36. The average Bonchev–Trinajstić information content (AvgIpc) is 2.91. The molecule has 2 rings (SSSR count). The molecule has 0 spiro atoms. The summed E-state index contributed by atoms with van der Waals surface area (Å²) in [6.45, 7) is 4.56. The Hall–Kier alpha value is -0.300. The van der Waals surface area contributed by atoms with Crippen LogP contribution in [0.25, 0.3) is 0 Å². The molecule has 2 unspecified atom stereocenters. The van der Waals surface area contributed by atoms with Crippen LogP contribution >= 0.6 is 15.9 Å². The van der Waals surface area contributed by atoms with Crippen LogP contribution in [0.15, 0.2) is 24.3 Å². The van der Waals surface area contributed by atoms with Crippen LogP contribution < -0.4 is 0 Å². The fraction of sp³-hybridized carbons (Fsp3) is 0.647. The Balaban J connectivity index is 1.95. The summed E-state index contributed by atoms with van der Waals surface area (Å²) in [5.41, 5.74) is 2.93. The van der Waals surface area contributed by atoms with Gasteiger partial charge in [-0.3, -0.25) is 0 Å². The molecule has 1 aromatic rings. The highest BCUT2D eigenvalue weighted by Crippen LogP contribution is 2.37. The predicted molar refractivity (Wildman–Crippen MR) is 83.4 cm³/mol. The number of benzene rings is 1.